The molecule has 2 aliphatic rings. The molecule has 2 aliphatic heterocycles. The van der Waals surface area contributed by atoms with Crippen molar-refractivity contribution < 1.29 is 13.2 Å². The zero-order valence-electron chi connectivity index (χ0n) is 14.7. The van der Waals surface area contributed by atoms with E-state index < -0.39 is 10.0 Å². The molecule has 7 heteroatoms. The van der Waals surface area contributed by atoms with E-state index in [0.717, 1.165) is 32.4 Å². The van der Waals surface area contributed by atoms with Crippen LogP contribution in [0, 0.1) is 11.8 Å². The number of hydrogen-bond acceptors (Lipinski definition) is 4. The molecule has 25 heavy (non-hydrogen) atoms. The van der Waals surface area contributed by atoms with E-state index in [2.05, 4.69) is 10.6 Å². The number of amides is 1. The van der Waals surface area contributed by atoms with Crippen molar-refractivity contribution in [3.63, 3.8) is 0 Å². The first-order valence-electron chi connectivity index (χ1n) is 9.06. The van der Waals surface area contributed by atoms with Gasteiger partial charge in [0, 0.05) is 25.6 Å². The van der Waals surface area contributed by atoms with Crippen molar-refractivity contribution in [1.29, 1.82) is 0 Å². The molecule has 138 valence electrons. The number of rotatable bonds is 6. The van der Waals surface area contributed by atoms with Crippen molar-refractivity contribution in [3.05, 3.63) is 29.8 Å². The number of piperidine rings is 1. The van der Waals surface area contributed by atoms with E-state index in [1.54, 1.807) is 22.5 Å². The molecule has 1 unspecified atom stereocenters. The fraction of sp³-hybridized carbons (Fsp3) is 0.611. The minimum absolute atomic E-state index is 0.0170. The Hall–Kier alpha value is -1.44. The summed E-state index contributed by atoms with van der Waals surface area (Å²) in [6, 6.07) is 6.98. The van der Waals surface area contributed by atoms with Crippen LogP contribution >= 0.6 is 0 Å². The molecule has 1 atom stereocenters. The highest BCUT2D eigenvalue weighted by Gasteiger charge is 2.30. The summed E-state index contributed by atoms with van der Waals surface area (Å²) in [5.74, 6) is 0.288. The summed E-state index contributed by atoms with van der Waals surface area (Å²) in [6.45, 7) is 5.07. The van der Waals surface area contributed by atoms with Crippen LogP contribution in [0.25, 0.3) is 0 Å². The maximum Gasteiger partial charge on any atom is 0.243 e. The number of hydrogen-bond donors (Lipinski definition) is 2. The van der Waals surface area contributed by atoms with Crippen LogP contribution < -0.4 is 10.6 Å². The minimum atomic E-state index is -3.50. The summed E-state index contributed by atoms with van der Waals surface area (Å²) in [4.78, 5) is 12.6. The number of carbonyl (C=O) groups is 1. The molecule has 2 N–H and O–H groups in total. The molecule has 2 heterocycles. The fourth-order valence-electron chi connectivity index (χ4n) is 3.37. The minimum Gasteiger partial charge on any atom is -0.352 e. The van der Waals surface area contributed by atoms with Crippen LogP contribution in [0.3, 0.4) is 0 Å². The van der Waals surface area contributed by atoms with E-state index in [1.807, 2.05) is 13.0 Å². The summed E-state index contributed by atoms with van der Waals surface area (Å²) in [5, 5.41) is 6.08. The maximum atomic E-state index is 13.0. The summed E-state index contributed by atoms with van der Waals surface area (Å²) in [6.07, 6.45) is 2.90. The van der Waals surface area contributed by atoms with Gasteiger partial charge in [-0.2, -0.15) is 4.31 Å². The van der Waals surface area contributed by atoms with Crippen LogP contribution in [-0.2, 0) is 21.4 Å². The lowest BCUT2D eigenvalue weighted by Gasteiger charge is -2.31. The van der Waals surface area contributed by atoms with Crippen LogP contribution in [-0.4, -0.2) is 44.8 Å². The molecular weight excluding hydrogens is 338 g/mol. The second-order valence-electron chi connectivity index (χ2n) is 7.00. The highest BCUT2D eigenvalue weighted by atomic mass is 32.2. The first kappa shape index (κ1) is 18.4. The van der Waals surface area contributed by atoms with Gasteiger partial charge in [0.25, 0.3) is 0 Å². The second kappa shape index (κ2) is 7.85. The lowest BCUT2D eigenvalue weighted by molar-refractivity contribution is -0.126. The predicted molar refractivity (Wildman–Crippen MR) is 96.4 cm³/mol. The summed E-state index contributed by atoms with van der Waals surface area (Å²) in [5.41, 5.74) is 0.653. The summed E-state index contributed by atoms with van der Waals surface area (Å²) < 4.78 is 27.5. The molecule has 2 fully saturated rings. The van der Waals surface area contributed by atoms with Crippen molar-refractivity contribution >= 4 is 15.9 Å². The molecule has 6 nitrogen and oxygen atoms in total. The normalized spacial score (nSPS) is 20.7. The Morgan fingerprint density at radius 1 is 1.24 bits per heavy atom. The third-order valence-corrected chi connectivity index (χ3v) is 7.29. The van der Waals surface area contributed by atoms with Crippen LogP contribution in [0.2, 0.25) is 0 Å². The van der Waals surface area contributed by atoms with E-state index in [-0.39, 0.29) is 18.4 Å². The molecule has 0 bridgehead atoms. The van der Waals surface area contributed by atoms with Crippen LogP contribution in [0.4, 0.5) is 0 Å². The van der Waals surface area contributed by atoms with Gasteiger partial charge in [-0.25, -0.2) is 8.42 Å². The average Bonchev–Trinajstić information content (AvgIpc) is 2.59. The van der Waals surface area contributed by atoms with E-state index in [4.69, 9.17) is 0 Å². The van der Waals surface area contributed by atoms with Crippen molar-refractivity contribution in [2.75, 3.05) is 26.2 Å². The van der Waals surface area contributed by atoms with Crippen molar-refractivity contribution in [2.45, 2.75) is 37.6 Å². The Bertz CT molecular complexity index is 710. The summed E-state index contributed by atoms with van der Waals surface area (Å²) in [7, 11) is -3.50. The van der Waals surface area contributed by atoms with Gasteiger partial charge >= 0.3 is 0 Å². The second-order valence-corrected chi connectivity index (χ2v) is 8.90. The molecule has 2 saturated heterocycles. The topological polar surface area (TPSA) is 78.5 Å². The Labute approximate surface area is 150 Å². The Morgan fingerprint density at radius 2 is 1.92 bits per heavy atom. The molecule has 1 amide bonds. The van der Waals surface area contributed by atoms with E-state index in [1.165, 1.54) is 0 Å². The van der Waals surface area contributed by atoms with Crippen LogP contribution in [0.15, 0.2) is 29.2 Å². The monoisotopic (exact) mass is 365 g/mol. The van der Waals surface area contributed by atoms with E-state index in [0.29, 0.717) is 29.5 Å². The SMILES string of the molecule is CC(C(=O)NCc1ccccc1S(=O)(=O)N1CCCCC1)C1CNC1. The molecule has 0 radical (unpaired) electrons. The fourth-order valence-corrected chi connectivity index (χ4v) is 5.11. The quantitative estimate of drug-likeness (QED) is 0.797. The molecule has 0 aromatic heterocycles. The van der Waals surface area contributed by atoms with Gasteiger partial charge in [-0.3, -0.25) is 4.79 Å². The first-order chi connectivity index (χ1) is 12.0. The van der Waals surface area contributed by atoms with Gasteiger partial charge in [0.15, 0.2) is 0 Å². The smallest absolute Gasteiger partial charge is 0.243 e. The Balaban J connectivity index is 1.71. The van der Waals surface area contributed by atoms with Gasteiger partial charge in [0.1, 0.15) is 0 Å². The maximum absolute atomic E-state index is 13.0. The Morgan fingerprint density at radius 3 is 2.56 bits per heavy atom. The van der Waals surface area contributed by atoms with Gasteiger partial charge in [0.2, 0.25) is 15.9 Å². The van der Waals surface area contributed by atoms with Crippen LogP contribution in [0.1, 0.15) is 31.7 Å². The standard InChI is InChI=1S/C18H27N3O3S/c1-14(16-11-19-12-16)18(22)20-13-15-7-3-4-8-17(15)25(23,24)21-9-5-2-6-10-21/h3-4,7-8,14,16,19H,2,5-6,9-13H2,1H3,(H,20,22). The Kier molecular flexibility index (Phi) is 5.76. The zero-order chi connectivity index (χ0) is 17.9. The van der Waals surface area contributed by atoms with Gasteiger partial charge in [-0.05, 0) is 43.5 Å². The van der Waals surface area contributed by atoms with Gasteiger partial charge in [-0.15, -0.1) is 0 Å². The van der Waals surface area contributed by atoms with Gasteiger partial charge in [0.05, 0.1) is 4.90 Å². The van der Waals surface area contributed by atoms with E-state index >= 15 is 0 Å². The van der Waals surface area contributed by atoms with Crippen LogP contribution in [0.5, 0.6) is 0 Å². The number of benzene rings is 1. The molecule has 0 saturated carbocycles. The molecule has 3 rings (SSSR count). The third-order valence-electron chi connectivity index (χ3n) is 5.29. The number of sulfonamides is 1. The molecule has 0 spiro atoms. The first-order valence-corrected chi connectivity index (χ1v) is 10.5. The number of nitrogens with zero attached hydrogens (tertiary/aromatic N) is 1. The average molecular weight is 365 g/mol. The highest BCUT2D eigenvalue weighted by molar-refractivity contribution is 7.89. The lowest BCUT2D eigenvalue weighted by atomic mass is 9.88. The molecule has 1 aromatic carbocycles. The van der Waals surface area contributed by atoms with E-state index in [9.17, 15) is 13.2 Å². The largest absolute Gasteiger partial charge is 0.352 e. The summed E-state index contributed by atoms with van der Waals surface area (Å²) >= 11 is 0. The molecular formula is C18H27N3O3S. The van der Waals surface area contributed by atoms with Crippen molar-refractivity contribution in [3.8, 4) is 0 Å². The highest BCUT2D eigenvalue weighted by Crippen LogP contribution is 2.24. The number of nitrogens with one attached hydrogen (secondary N) is 2. The predicted octanol–water partition coefficient (Wildman–Crippen LogP) is 1.33. The molecule has 1 aromatic rings. The third kappa shape index (κ3) is 4.04. The van der Waals surface area contributed by atoms with Gasteiger partial charge in [-0.1, -0.05) is 31.5 Å². The van der Waals surface area contributed by atoms with Crippen molar-refractivity contribution in [1.82, 2.24) is 14.9 Å². The van der Waals surface area contributed by atoms with Gasteiger partial charge < -0.3 is 10.6 Å². The lowest BCUT2D eigenvalue weighted by Crippen LogP contribution is -2.49. The zero-order valence-corrected chi connectivity index (χ0v) is 15.5. The molecule has 0 aliphatic carbocycles. The number of carbonyl (C=O) groups excluding carboxylic acids is 1. The van der Waals surface area contributed by atoms with Crippen molar-refractivity contribution in [2.24, 2.45) is 11.8 Å².